The maximum Gasteiger partial charge on any atom is 0.0638 e. The van der Waals surface area contributed by atoms with Gasteiger partial charge < -0.3 is 5.73 Å². The van der Waals surface area contributed by atoms with Crippen LogP contribution >= 0.6 is 0 Å². The summed E-state index contributed by atoms with van der Waals surface area (Å²) in [6.07, 6.45) is 3.52. The molecule has 1 aromatic carbocycles. The van der Waals surface area contributed by atoms with E-state index in [4.69, 9.17) is 11.0 Å². The molecule has 2 N–H and O–H groups in total. The van der Waals surface area contributed by atoms with E-state index in [9.17, 15) is 0 Å². The van der Waals surface area contributed by atoms with Crippen LogP contribution in [0, 0.1) is 11.3 Å². The smallest absolute Gasteiger partial charge is 0.0638 e. The minimum Gasteiger partial charge on any atom is -0.327 e. The van der Waals surface area contributed by atoms with Crippen LogP contribution in [-0.4, -0.2) is 6.04 Å². The van der Waals surface area contributed by atoms with Crippen LogP contribution in [0.25, 0.3) is 0 Å². The average molecular weight is 188 g/mol. The SMILES string of the molecule is N#CCC(N)CCCc1ccccc1. The molecule has 0 amide bonds. The van der Waals surface area contributed by atoms with Gasteiger partial charge in [0.25, 0.3) is 0 Å². The van der Waals surface area contributed by atoms with Crippen molar-refractivity contribution in [2.75, 3.05) is 0 Å². The van der Waals surface area contributed by atoms with Crippen molar-refractivity contribution in [1.29, 1.82) is 5.26 Å². The fourth-order valence-electron chi connectivity index (χ4n) is 1.43. The summed E-state index contributed by atoms with van der Waals surface area (Å²) in [7, 11) is 0. The van der Waals surface area contributed by atoms with Crippen molar-refractivity contribution in [3.63, 3.8) is 0 Å². The van der Waals surface area contributed by atoms with E-state index in [1.165, 1.54) is 5.56 Å². The molecule has 1 atom stereocenters. The van der Waals surface area contributed by atoms with Crippen molar-refractivity contribution in [2.45, 2.75) is 31.7 Å². The predicted molar refractivity (Wildman–Crippen MR) is 57.6 cm³/mol. The molecule has 74 valence electrons. The van der Waals surface area contributed by atoms with Gasteiger partial charge in [-0.2, -0.15) is 5.26 Å². The van der Waals surface area contributed by atoms with Crippen molar-refractivity contribution < 1.29 is 0 Å². The van der Waals surface area contributed by atoms with E-state index < -0.39 is 0 Å². The van der Waals surface area contributed by atoms with Gasteiger partial charge in [0, 0.05) is 6.04 Å². The molecule has 0 spiro atoms. The molecule has 0 heterocycles. The van der Waals surface area contributed by atoms with E-state index in [1.54, 1.807) is 0 Å². The molecule has 2 nitrogen and oxygen atoms in total. The highest BCUT2D eigenvalue weighted by atomic mass is 14.6. The molecule has 0 aromatic heterocycles. The second-order valence-corrected chi connectivity index (χ2v) is 3.50. The fourth-order valence-corrected chi connectivity index (χ4v) is 1.43. The Bertz CT molecular complexity index is 287. The van der Waals surface area contributed by atoms with Crippen LogP contribution in [0.2, 0.25) is 0 Å². The summed E-state index contributed by atoms with van der Waals surface area (Å²) < 4.78 is 0. The first-order chi connectivity index (χ1) is 6.83. The van der Waals surface area contributed by atoms with Gasteiger partial charge in [0.15, 0.2) is 0 Å². The van der Waals surface area contributed by atoms with E-state index >= 15 is 0 Å². The van der Waals surface area contributed by atoms with E-state index in [1.807, 2.05) is 18.2 Å². The first kappa shape index (κ1) is 10.7. The van der Waals surface area contributed by atoms with Gasteiger partial charge in [-0.3, -0.25) is 0 Å². The van der Waals surface area contributed by atoms with E-state index in [-0.39, 0.29) is 6.04 Å². The molecule has 0 fully saturated rings. The third kappa shape index (κ3) is 4.06. The van der Waals surface area contributed by atoms with Gasteiger partial charge in [-0.25, -0.2) is 0 Å². The Morgan fingerprint density at radius 1 is 1.29 bits per heavy atom. The fraction of sp³-hybridized carbons (Fsp3) is 0.417. The number of rotatable bonds is 5. The molecule has 0 aliphatic carbocycles. The lowest BCUT2D eigenvalue weighted by molar-refractivity contribution is 0.592. The van der Waals surface area contributed by atoms with Gasteiger partial charge in [-0.05, 0) is 24.8 Å². The van der Waals surface area contributed by atoms with Crippen molar-refractivity contribution in [3.05, 3.63) is 35.9 Å². The first-order valence-electron chi connectivity index (χ1n) is 4.99. The van der Waals surface area contributed by atoms with E-state index in [0.717, 1.165) is 19.3 Å². The van der Waals surface area contributed by atoms with Crippen molar-refractivity contribution in [3.8, 4) is 6.07 Å². The minimum absolute atomic E-state index is 0.0451. The van der Waals surface area contributed by atoms with E-state index in [0.29, 0.717) is 6.42 Å². The topological polar surface area (TPSA) is 49.8 Å². The molecule has 0 radical (unpaired) electrons. The molecule has 0 saturated heterocycles. The van der Waals surface area contributed by atoms with Gasteiger partial charge >= 0.3 is 0 Å². The lowest BCUT2D eigenvalue weighted by Gasteiger charge is -2.06. The molecule has 0 saturated carbocycles. The summed E-state index contributed by atoms with van der Waals surface area (Å²) in [6.45, 7) is 0. The molecule has 1 unspecified atom stereocenters. The molecule has 1 rings (SSSR count). The molecule has 0 aliphatic rings. The number of nitrogens with zero attached hydrogens (tertiary/aromatic N) is 1. The van der Waals surface area contributed by atoms with Crippen LogP contribution in [0.1, 0.15) is 24.8 Å². The molecule has 1 aromatic rings. The van der Waals surface area contributed by atoms with Gasteiger partial charge in [-0.15, -0.1) is 0 Å². The van der Waals surface area contributed by atoms with Crippen LogP contribution in [-0.2, 0) is 6.42 Å². The Hall–Kier alpha value is -1.33. The van der Waals surface area contributed by atoms with Gasteiger partial charge in [0.2, 0.25) is 0 Å². The first-order valence-corrected chi connectivity index (χ1v) is 4.99. The molecular formula is C12H16N2. The second kappa shape index (κ2) is 6.17. The number of nitriles is 1. The third-order valence-corrected chi connectivity index (χ3v) is 2.24. The van der Waals surface area contributed by atoms with Gasteiger partial charge in [0.1, 0.15) is 0 Å². The van der Waals surface area contributed by atoms with Crippen molar-refractivity contribution >= 4 is 0 Å². The predicted octanol–water partition coefficient (Wildman–Crippen LogP) is 2.25. The highest BCUT2D eigenvalue weighted by molar-refractivity contribution is 5.14. The summed E-state index contributed by atoms with van der Waals surface area (Å²) in [6, 6.07) is 12.5. The average Bonchev–Trinajstić information content (AvgIpc) is 2.20. The van der Waals surface area contributed by atoms with Crippen molar-refractivity contribution in [1.82, 2.24) is 0 Å². The summed E-state index contributed by atoms with van der Waals surface area (Å²) in [5, 5.41) is 8.42. The molecule has 0 aliphatic heterocycles. The normalized spacial score (nSPS) is 12.0. The Labute approximate surface area is 85.4 Å². The monoisotopic (exact) mass is 188 g/mol. The summed E-state index contributed by atoms with van der Waals surface area (Å²) in [5.41, 5.74) is 7.07. The maximum atomic E-state index is 8.42. The Morgan fingerprint density at radius 2 is 2.00 bits per heavy atom. The Balaban J connectivity index is 2.19. The molecule has 0 bridgehead atoms. The lowest BCUT2D eigenvalue weighted by Crippen LogP contribution is -2.18. The number of hydrogen-bond acceptors (Lipinski definition) is 2. The molecular weight excluding hydrogens is 172 g/mol. The Morgan fingerprint density at radius 3 is 2.64 bits per heavy atom. The molecule has 2 heteroatoms. The number of aryl methyl sites for hydroxylation is 1. The Kier molecular flexibility index (Phi) is 4.74. The van der Waals surface area contributed by atoms with Gasteiger partial charge in [-0.1, -0.05) is 30.3 Å². The highest BCUT2D eigenvalue weighted by Gasteiger charge is 2.00. The van der Waals surface area contributed by atoms with Gasteiger partial charge in [0.05, 0.1) is 12.5 Å². The quantitative estimate of drug-likeness (QED) is 0.770. The lowest BCUT2D eigenvalue weighted by atomic mass is 10.0. The summed E-state index contributed by atoms with van der Waals surface area (Å²) in [4.78, 5) is 0. The highest BCUT2D eigenvalue weighted by Crippen LogP contribution is 2.06. The zero-order chi connectivity index (χ0) is 10.2. The minimum atomic E-state index is 0.0451. The van der Waals surface area contributed by atoms with Crippen molar-refractivity contribution in [2.24, 2.45) is 5.73 Å². The summed E-state index contributed by atoms with van der Waals surface area (Å²) in [5.74, 6) is 0. The zero-order valence-electron chi connectivity index (χ0n) is 8.32. The second-order valence-electron chi connectivity index (χ2n) is 3.50. The standard InChI is InChI=1S/C12H16N2/c13-10-9-12(14)8-4-7-11-5-2-1-3-6-11/h1-3,5-6,12H,4,7-9,14H2. The number of nitrogens with two attached hydrogens (primary N) is 1. The third-order valence-electron chi connectivity index (χ3n) is 2.24. The van der Waals surface area contributed by atoms with Crippen LogP contribution in [0.4, 0.5) is 0 Å². The maximum absolute atomic E-state index is 8.42. The van der Waals surface area contributed by atoms with E-state index in [2.05, 4.69) is 18.2 Å². The molecule has 14 heavy (non-hydrogen) atoms. The number of benzene rings is 1. The largest absolute Gasteiger partial charge is 0.327 e. The zero-order valence-corrected chi connectivity index (χ0v) is 8.32. The van der Waals surface area contributed by atoms with Crippen LogP contribution in [0.5, 0.6) is 0 Å². The van der Waals surface area contributed by atoms with Crippen LogP contribution < -0.4 is 5.73 Å². The summed E-state index contributed by atoms with van der Waals surface area (Å²) >= 11 is 0. The number of hydrogen-bond donors (Lipinski definition) is 1. The van der Waals surface area contributed by atoms with Crippen LogP contribution in [0.3, 0.4) is 0 Å². The van der Waals surface area contributed by atoms with Crippen LogP contribution in [0.15, 0.2) is 30.3 Å².